The van der Waals surface area contributed by atoms with E-state index >= 15 is 0 Å². The molecular formula is C17H30N2O. The minimum absolute atomic E-state index is 0.457. The highest BCUT2D eigenvalue weighted by atomic mass is 16.2. The van der Waals surface area contributed by atoms with E-state index in [9.17, 15) is 4.79 Å². The number of nitrogens with zero attached hydrogens (tertiary/aromatic N) is 1. The molecule has 2 saturated carbocycles. The fraction of sp³-hybridized carbons (Fsp3) is 0.941. The Hall–Kier alpha value is -0.570. The van der Waals surface area contributed by atoms with E-state index in [0.717, 1.165) is 37.8 Å². The smallest absolute Gasteiger partial charge is 0.223 e. The van der Waals surface area contributed by atoms with Crippen LogP contribution < -0.4 is 5.32 Å². The molecule has 0 bridgehead atoms. The Morgan fingerprint density at radius 1 is 1.05 bits per heavy atom. The van der Waals surface area contributed by atoms with E-state index in [0.29, 0.717) is 18.0 Å². The minimum atomic E-state index is 0.457. The van der Waals surface area contributed by atoms with Crippen LogP contribution in [0.2, 0.25) is 0 Å². The predicted molar refractivity (Wildman–Crippen MR) is 81.5 cm³/mol. The fourth-order valence-electron chi connectivity index (χ4n) is 4.00. The zero-order chi connectivity index (χ0) is 13.9. The Morgan fingerprint density at radius 2 is 1.70 bits per heavy atom. The van der Waals surface area contributed by atoms with Crippen molar-refractivity contribution in [2.45, 2.75) is 76.8 Å². The van der Waals surface area contributed by atoms with Crippen LogP contribution in [0, 0.1) is 11.8 Å². The molecule has 3 fully saturated rings. The topological polar surface area (TPSA) is 32.3 Å². The van der Waals surface area contributed by atoms with Crippen molar-refractivity contribution in [1.82, 2.24) is 10.2 Å². The summed E-state index contributed by atoms with van der Waals surface area (Å²) in [5.74, 6) is 2.07. The van der Waals surface area contributed by atoms with Gasteiger partial charge in [-0.25, -0.2) is 0 Å². The van der Waals surface area contributed by atoms with Crippen LogP contribution in [-0.2, 0) is 4.79 Å². The van der Waals surface area contributed by atoms with Crippen molar-refractivity contribution in [2.24, 2.45) is 11.8 Å². The van der Waals surface area contributed by atoms with E-state index in [-0.39, 0.29) is 0 Å². The number of hydrogen-bond donors (Lipinski definition) is 1. The average Bonchev–Trinajstić information content (AvgIpc) is 3.14. The van der Waals surface area contributed by atoms with Gasteiger partial charge in [0.2, 0.25) is 5.91 Å². The number of amides is 1. The summed E-state index contributed by atoms with van der Waals surface area (Å²) in [5, 5.41) is 3.40. The van der Waals surface area contributed by atoms with Gasteiger partial charge in [0.25, 0.3) is 0 Å². The zero-order valence-electron chi connectivity index (χ0n) is 12.9. The molecule has 3 heteroatoms. The second-order valence-corrected chi connectivity index (χ2v) is 7.34. The Labute approximate surface area is 123 Å². The summed E-state index contributed by atoms with van der Waals surface area (Å²) >= 11 is 0. The maximum Gasteiger partial charge on any atom is 0.223 e. The van der Waals surface area contributed by atoms with Crippen molar-refractivity contribution in [3.8, 4) is 0 Å². The summed E-state index contributed by atoms with van der Waals surface area (Å²) in [7, 11) is 0. The van der Waals surface area contributed by atoms with Gasteiger partial charge >= 0.3 is 0 Å². The minimum Gasteiger partial charge on any atom is -0.337 e. The molecule has 1 atom stereocenters. The second kappa shape index (κ2) is 6.46. The lowest BCUT2D eigenvalue weighted by atomic mass is 9.86. The third-order valence-electron chi connectivity index (χ3n) is 5.54. The van der Waals surface area contributed by atoms with Crippen molar-refractivity contribution < 1.29 is 4.79 Å². The molecule has 0 aromatic carbocycles. The molecule has 1 unspecified atom stereocenters. The van der Waals surface area contributed by atoms with Gasteiger partial charge in [-0.2, -0.15) is 0 Å². The Balaban J connectivity index is 1.51. The number of carbonyl (C=O) groups is 1. The first-order chi connectivity index (χ1) is 9.74. The monoisotopic (exact) mass is 278 g/mol. The van der Waals surface area contributed by atoms with Gasteiger partial charge in [0.15, 0.2) is 0 Å². The molecule has 0 spiro atoms. The van der Waals surface area contributed by atoms with Crippen LogP contribution in [0.25, 0.3) is 0 Å². The van der Waals surface area contributed by atoms with Crippen molar-refractivity contribution in [2.75, 3.05) is 13.1 Å². The van der Waals surface area contributed by atoms with Crippen LogP contribution in [0.4, 0.5) is 0 Å². The Kier molecular flexibility index (Phi) is 4.65. The maximum absolute atomic E-state index is 12.7. The molecular weight excluding hydrogens is 248 g/mol. The summed E-state index contributed by atoms with van der Waals surface area (Å²) in [6.07, 6.45) is 10.8. The SMILES string of the molecule is CC1CCC(N(C(=O)CCC2CCNC2)C2CC2)CC1. The third-order valence-corrected chi connectivity index (χ3v) is 5.54. The quantitative estimate of drug-likeness (QED) is 0.838. The number of nitrogens with one attached hydrogen (secondary N) is 1. The second-order valence-electron chi connectivity index (χ2n) is 7.34. The van der Waals surface area contributed by atoms with Crippen molar-refractivity contribution in [1.29, 1.82) is 0 Å². The van der Waals surface area contributed by atoms with Gasteiger partial charge in [-0.15, -0.1) is 0 Å². The van der Waals surface area contributed by atoms with E-state index < -0.39 is 0 Å². The Bertz CT molecular complexity index is 326. The lowest BCUT2D eigenvalue weighted by Gasteiger charge is -2.36. The molecule has 1 saturated heterocycles. The fourth-order valence-corrected chi connectivity index (χ4v) is 4.00. The summed E-state index contributed by atoms with van der Waals surface area (Å²) < 4.78 is 0. The van der Waals surface area contributed by atoms with Gasteiger partial charge in [-0.3, -0.25) is 4.79 Å². The van der Waals surface area contributed by atoms with Gasteiger partial charge in [0.05, 0.1) is 0 Å². The summed E-state index contributed by atoms with van der Waals surface area (Å²) in [5.41, 5.74) is 0. The molecule has 2 aliphatic carbocycles. The molecule has 3 nitrogen and oxygen atoms in total. The van der Waals surface area contributed by atoms with Gasteiger partial charge in [-0.05, 0) is 76.3 Å². The van der Waals surface area contributed by atoms with E-state index in [4.69, 9.17) is 0 Å². The van der Waals surface area contributed by atoms with Crippen LogP contribution in [0.3, 0.4) is 0 Å². The highest BCUT2D eigenvalue weighted by Gasteiger charge is 2.38. The van der Waals surface area contributed by atoms with Crippen LogP contribution in [0.5, 0.6) is 0 Å². The van der Waals surface area contributed by atoms with E-state index in [1.54, 1.807) is 0 Å². The molecule has 0 aromatic heterocycles. The van der Waals surface area contributed by atoms with Crippen LogP contribution >= 0.6 is 0 Å². The van der Waals surface area contributed by atoms with Gasteiger partial charge in [0.1, 0.15) is 0 Å². The first kappa shape index (κ1) is 14.4. The molecule has 1 aliphatic heterocycles. The molecule has 1 heterocycles. The molecule has 1 amide bonds. The summed E-state index contributed by atoms with van der Waals surface area (Å²) in [6, 6.07) is 1.16. The molecule has 3 aliphatic rings. The maximum atomic E-state index is 12.7. The molecule has 20 heavy (non-hydrogen) atoms. The lowest BCUT2D eigenvalue weighted by molar-refractivity contribution is -0.135. The van der Waals surface area contributed by atoms with Crippen molar-refractivity contribution in [3.63, 3.8) is 0 Å². The highest BCUT2D eigenvalue weighted by molar-refractivity contribution is 5.77. The molecule has 3 rings (SSSR count). The number of hydrogen-bond acceptors (Lipinski definition) is 2. The molecule has 114 valence electrons. The molecule has 1 N–H and O–H groups in total. The van der Waals surface area contributed by atoms with Gasteiger partial charge in [-0.1, -0.05) is 6.92 Å². The van der Waals surface area contributed by atoms with Gasteiger partial charge < -0.3 is 10.2 Å². The highest BCUT2D eigenvalue weighted by Crippen LogP contribution is 2.36. The normalized spacial score (nSPS) is 34.1. The lowest BCUT2D eigenvalue weighted by Crippen LogP contribution is -2.43. The molecule has 0 aromatic rings. The average molecular weight is 278 g/mol. The van der Waals surface area contributed by atoms with Crippen molar-refractivity contribution >= 4 is 5.91 Å². The summed E-state index contributed by atoms with van der Waals surface area (Å²) in [6.45, 7) is 4.62. The number of carbonyl (C=O) groups excluding carboxylic acids is 1. The van der Waals surface area contributed by atoms with Crippen LogP contribution in [0.15, 0.2) is 0 Å². The largest absolute Gasteiger partial charge is 0.337 e. The van der Waals surface area contributed by atoms with Crippen LogP contribution in [0.1, 0.15) is 64.7 Å². The predicted octanol–water partition coefficient (Wildman–Crippen LogP) is 2.95. The zero-order valence-corrected chi connectivity index (χ0v) is 12.9. The van der Waals surface area contributed by atoms with Crippen molar-refractivity contribution in [3.05, 3.63) is 0 Å². The van der Waals surface area contributed by atoms with E-state index in [1.165, 1.54) is 44.9 Å². The first-order valence-corrected chi connectivity index (χ1v) is 8.76. The Morgan fingerprint density at radius 3 is 2.25 bits per heavy atom. The molecule has 0 radical (unpaired) electrons. The third kappa shape index (κ3) is 3.55. The first-order valence-electron chi connectivity index (χ1n) is 8.76. The standard InChI is InChI=1S/C17H30N2O/c1-13-2-5-15(6-3-13)19(16-7-8-16)17(20)9-4-14-10-11-18-12-14/h13-16,18H,2-12H2,1H3. The van der Waals surface area contributed by atoms with Crippen LogP contribution in [-0.4, -0.2) is 36.0 Å². The van der Waals surface area contributed by atoms with Gasteiger partial charge in [0, 0.05) is 18.5 Å². The summed E-state index contributed by atoms with van der Waals surface area (Å²) in [4.78, 5) is 15.0. The van der Waals surface area contributed by atoms with E-state index in [1.807, 2.05) is 0 Å². The van der Waals surface area contributed by atoms with E-state index in [2.05, 4.69) is 17.1 Å². The number of rotatable bonds is 5.